The summed E-state index contributed by atoms with van der Waals surface area (Å²) in [5, 5.41) is 0. The highest BCUT2D eigenvalue weighted by atomic mass is 16.6. The van der Waals surface area contributed by atoms with Crippen LogP contribution in [0.5, 0.6) is 5.75 Å². The standard InChI is InChI=1S/C23H28N4O3/c1-15-16(2)27-14-25-21(20(27)12-24-15)17-6-8-18(9-7-17)29-19-10-11-26(13-19)22(28)30-23(3,4)5/h6-9,12,14,19H,10-11,13H2,1-5H3. The summed E-state index contributed by atoms with van der Waals surface area (Å²) < 4.78 is 13.6. The monoisotopic (exact) mass is 408 g/mol. The molecule has 2 aromatic heterocycles. The number of carbonyl (C=O) groups excluding carboxylic acids is 1. The topological polar surface area (TPSA) is 69.0 Å². The summed E-state index contributed by atoms with van der Waals surface area (Å²) in [5.74, 6) is 0.781. The van der Waals surface area contributed by atoms with Gasteiger partial charge in [-0.25, -0.2) is 9.78 Å². The van der Waals surface area contributed by atoms with Crippen molar-refractivity contribution in [1.82, 2.24) is 19.3 Å². The van der Waals surface area contributed by atoms with Gasteiger partial charge in [0.15, 0.2) is 0 Å². The van der Waals surface area contributed by atoms with Crippen LogP contribution in [0.3, 0.4) is 0 Å². The number of ether oxygens (including phenoxy) is 2. The van der Waals surface area contributed by atoms with E-state index in [2.05, 4.69) is 14.4 Å². The lowest BCUT2D eigenvalue weighted by atomic mass is 10.1. The smallest absolute Gasteiger partial charge is 0.410 e. The largest absolute Gasteiger partial charge is 0.489 e. The van der Waals surface area contributed by atoms with E-state index in [4.69, 9.17) is 9.47 Å². The molecule has 1 aromatic carbocycles. The van der Waals surface area contributed by atoms with Crippen molar-refractivity contribution >= 4 is 11.6 Å². The lowest BCUT2D eigenvalue weighted by Crippen LogP contribution is -2.36. The first-order valence-electron chi connectivity index (χ1n) is 10.3. The Morgan fingerprint density at radius 3 is 2.57 bits per heavy atom. The highest BCUT2D eigenvalue weighted by Gasteiger charge is 2.30. The summed E-state index contributed by atoms with van der Waals surface area (Å²) in [5.41, 5.74) is 4.48. The van der Waals surface area contributed by atoms with E-state index in [-0.39, 0.29) is 12.2 Å². The summed E-state index contributed by atoms with van der Waals surface area (Å²) >= 11 is 0. The maximum absolute atomic E-state index is 12.2. The highest BCUT2D eigenvalue weighted by molar-refractivity contribution is 5.77. The van der Waals surface area contributed by atoms with Crippen molar-refractivity contribution in [3.05, 3.63) is 48.2 Å². The van der Waals surface area contributed by atoms with Gasteiger partial charge in [-0.3, -0.25) is 9.38 Å². The second-order valence-electron chi connectivity index (χ2n) is 8.76. The summed E-state index contributed by atoms with van der Waals surface area (Å²) in [7, 11) is 0. The van der Waals surface area contributed by atoms with Crippen molar-refractivity contribution in [3.63, 3.8) is 0 Å². The third kappa shape index (κ3) is 4.10. The fourth-order valence-electron chi connectivity index (χ4n) is 3.60. The van der Waals surface area contributed by atoms with Gasteiger partial charge in [0, 0.05) is 24.2 Å². The van der Waals surface area contributed by atoms with Crippen molar-refractivity contribution in [1.29, 1.82) is 0 Å². The number of fused-ring (bicyclic) bond motifs is 1. The van der Waals surface area contributed by atoms with Gasteiger partial charge in [0.2, 0.25) is 0 Å². The summed E-state index contributed by atoms with van der Waals surface area (Å²) in [6.45, 7) is 10.8. The number of hydrogen-bond acceptors (Lipinski definition) is 5. The number of aryl methyl sites for hydroxylation is 2. The van der Waals surface area contributed by atoms with Gasteiger partial charge in [-0.1, -0.05) is 0 Å². The molecule has 0 saturated carbocycles. The molecule has 0 spiro atoms. The Bertz CT molecular complexity index is 1070. The van der Waals surface area contributed by atoms with Gasteiger partial charge in [0.05, 0.1) is 29.6 Å². The zero-order valence-corrected chi connectivity index (χ0v) is 18.2. The molecule has 7 nitrogen and oxygen atoms in total. The maximum Gasteiger partial charge on any atom is 0.410 e. The minimum absolute atomic E-state index is 0.0355. The van der Waals surface area contributed by atoms with Gasteiger partial charge in [0.25, 0.3) is 0 Å². The molecule has 158 valence electrons. The molecule has 0 aliphatic carbocycles. The molecule has 1 aliphatic rings. The molecule has 1 fully saturated rings. The molecular formula is C23H28N4O3. The average molecular weight is 409 g/mol. The lowest BCUT2D eigenvalue weighted by molar-refractivity contribution is 0.0275. The van der Waals surface area contributed by atoms with Crippen LogP contribution in [-0.2, 0) is 4.74 Å². The SMILES string of the molecule is Cc1ncc2c(-c3ccc(OC4CCN(C(=O)OC(C)(C)C)C4)cc3)ncn2c1C. The fourth-order valence-corrected chi connectivity index (χ4v) is 3.60. The number of aromatic nitrogens is 3. The predicted octanol–water partition coefficient (Wildman–Crippen LogP) is 4.40. The summed E-state index contributed by atoms with van der Waals surface area (Å²) in [6.07, 6.45) is 4.17. The molecule has 4 rings (SSSR count). The molecule has 30 heavy (non-hydrogen) atoms. The van der Waals surface area contributed by atoms with Gasteiger partial charge < -0.3 is 14.4 Å². The van der Waals surface area contributed by atoms with Gasteiger partial charge in [-0.05, 0) is 58.9 Å². The molecule has 1 saturated heterocycles. The van der Waals surface area contributed by atoms with Gasteiger partial charge in [-0.15, -0.1) is 0 Å². The zero-order chi connectivity index (χ0) is 21.5. The minimum Gasteiger partial charge on any atom is -0.489 e. The van der Waals surface area contributed by atoms with Crippen molar-refractivity contribution in [2.45, 2.75) is 52.7 Å². The Labute approximate surface area is 176 Å². The Morgan fingerprint density at radius 1 is 1.13 bits per heavy atom. The van der Waals surface area contributed by atoms with E-state index in [1.165, 1.54) is 0 Å². The van der Waals surface area contributed by atoms with Crippen molar-refractivity contribution in [2.24, 2.45) is 0 Å². The Kier molecular flexibility index (Phi) is 5.13. The first-order valence-corrected chi connectivity index (χ1v) is 10.3. The molecule has 1 amide bonds. The molecule has 0 N–H and O–H groups in total. The second-order valence-corrected chi connectivity index (χ2v) is 8.76. The zero-order valence-electron chi connectivity index (χ0n) is 18.2. The van der Waals surface area contributed by atoms with Crippen LogP contribution in [-0.4, -0.2) is 50.2 Å². The Morgan fingerprint density at radius 2 is 1.87 bits per heavy atom. The van der Waals surface area contributed by atoms with E-state index >= 15 is 0 Å². The van der Waals surface area contributed by atoms with Crippen LogP contribution in [0.15, 0.2) is 36.8 Å². The van der Waals surface area contributed by atoms with Crippen molar-refractivity contribution in [2.75, 3.05) is 13.1 Å². The number of amides is 1. The first-order chi connectivity index (χ1) is 14.2. The molecule has 1 aliphatic heterocycles. The number of imidazole rings is 1. The number of nitrogens with zero attached hydrogens (tertiary/aromatic N) is 4. The van der Waals surface area contributed by atoms with E-state index in [0.29, 0.717) is 13.1 Å². The average Bonchev–Trinajstić information content (AvgIpc) is 3.32. The van der Waals surface area contributed by atoms with Crippen LogP contribution in [0.25, 0.3) is 16.8 Å². The fraction of sp³-hybridized carbons (Fsp3) is 0.435. The molecular weight excluding hydrogens is 380 g/mol. The molecule has 3 heterocycles. The van der Waals surface area contributed by atoms with E-state index in [9.17, 15) is 4.79 Å². The van der Waals surface area contributed by atoms with Crippen molar-refractivity contribution < 1.29 is 14.3 Å². The molecule has 1 atom stereocenters. The predicted molar refractivity (Wildman–Crippen MR) is 115 cm³/mol. The number of carbonyl (C=O) groups is 1. The van der Waals surface area contributed by atoms with E-state index in [0.717, 1.165) is 40.3 Å². The van der Waals surface area contributed by atoms with E-state index in [1.54, 1.807) is 4.90 Å². The number of rotatable bonds is 3. The van der Waals surface area contributed by atoms with Crippen LogP contribution >= 0.6 is 0 Å². The molecule has 3 aromatic rings. The Hall–Kier alpha value is -3.09. The van der Waals surface area contributed by atoms with Crippen LogP contribution in [0, 0.1) is 13.8 Å². The van der Waals surface area contributed by atoms with Gasteiger partial charge >= 0.3 is 6.09 Å². The third-order valence-corrected chi connectivity index (χ3v) is 5.30. The number of likely N-dealkylation sites (tertiary alicyclic amines) is 1. The van der Waals surface area contributed by atoms with Crippen LogP contribution in [0.4, 0.5) is 4.79 Å². The van der Waals surface area contributed by atoms with Crippen LogP contribution in [0.2, 0.25) is 0 Å². The second kappa shape index (κ2) is 7.63. The number of hydrogen-bond donors (Lipinski definition) is 0. The van der Waals surface area contributed by atoms with Gasteiger partial charge in [-0.2, -0.15) is 0 Å². The van der Waals surface area contributed by atoms with Crippen LogP contribution < -0.4 is 4.74 Å². The summed E-state index contributed by atoms with van der Waals surface area (Å²) in [6, 6.07) is 7.91. The molecule has 1 unspecified atom stereocenters. The number of benzene rings is 1. The van der Waals surface area contributed by atoms with Gasteiger partial charge in [0.1, 0.15) is 23.8 Å². The van der Waals surface area contributed by atoms with Crippen LogP contribution in [0.1, 0.15) is 38.6 Å². The Balaban J connectivity index is 1.43. The lowest BCUT2D eigenvalue weighted by Gasteiger charge is -2.24. The third-order valence-electron chi connectivity index (χ3n) is 5.30. The summed E-state index contributed by atoms with van der Waals surface area (Å²) in [4.78, 5) is 23.0. The molecule has 0 bridgehead atoms. The minimum atomic E-state index is -0.490. The maximum atomic E-state index is 12.2. The normalized spacial score (nSPS) is 16.8. The first kappa shape index (κ1) is 20.2. The van der Waals surface area contributed by atoms with E-state index in [1.807, 2.05) is 71.4 Å². The quantitative estimate of drug-likeness (QED) is 0.642. The molecule has 0 radical (unpaired) electrons. The van der Waals surface area contributed by atoms with Crippen molar-refractivity contribution in [3.8, 4) is 17.0 Å². The highest BCUT2D eigenvalue weighted by Crippen LogP contribution is 2.27. The molecule has 7 heteroatoms. The van der Waals surface area contributed by atoms with E-state index < -0.39 is 5.60 Å².